The SMILES string of the molecule is NCC1(CF)CCN(c2ccccc2Br)CC1. The van der Waals surface area contributed by atoms with Gasteiger partial charge in [-0.25, -0.2) is 0 Å². The summed E-state index contributed by atoms with van der Waals surface area (Å²) in [6.45, 7) is 1.91. The Labute approximate surface area is 110 Å². The fourth-order valence-corrected chi connectivity index (χ4v) is 2.86. The Kier molecular flexibility index (Phi) is 4.05. The van der Waals surface area contributed by atoms with Gasteiger partial charge in [-0.3, -0.25) is 4.39 Å². The maximum absolute atomic E-state index is 13.0. The lowest BCUT2D eigenvalue weighted by molar-refractivity contribution is 0.168. The van der Waals surface area contributed by atoms with Gasteiger partial charge in [-0.2, -0.15) is 0 Å². The third-order valence-electron chi connectivity index (χ3n) is 3.73. The van der Waals surface area contributed by atoms with Crippen molar-refractivity contribution in [3.05, 3.63) is 28.7 Å². The maximum Gasteiger partial charge on any atom is 0.0964 e. The summed E-state index contributed by atoms with van der Waals surface area (Å²) in [5, 5.41) is 0. The lowest BCUT2D eigenvalue weighted by Crippen LogP contribution is -2.45. The Morgan fingerprint density at radius 2 is 1.94 bits per heavy atom. The van der Waals surface area contributed by atoms with E-state index >= 15 is 0 Å². The Morgan fingerprint density at radius 3 is 2.47 bits per heavy atom. The van der Waals surface area contributed by atoms with E-state index in [0.717, 1.165) is 30.4 Å². The minimum atomic E-state index is -0.298. The van der Waals surface area contributed by atoms with Crippen molar-refractivity contribution in [2.45, 2.75) is 12.8 Å². The van der Waals surface area contributed by atoms with Crippen LogP contribution in [0, 0.1) is 5.41 Å². The summed E-state index contributed by atoms with van der Waals surface area (Å²) in [7, 11) is 0. The minimum Gasteiger partial charge on any atom is -0.371 e. The van der Waals surface area contributed by atoms with E-state index < -0.39 is 0 Å². The van der Waals surface area contributed by atoms with Crippen LogP contribution in [0.15, 0.2) is 28.7 Å². The highest BCUT2D eigenvalue weighted by molar-refractivity contribution is 9.10. The lowest BCUT2D eigenvalue weighted by Gasteiger charge is -2.40. The number of alkyl halides is 1. The first-order valence-electron chi connectivity index (χ1n) is 5.96. The summed E-state index contributed by atoms with van der Waals surface area (Å²) < 4.78 is 14.1. The van der Waals surface area contributed by atoms with Crippen LogP contribution >= 0.6 is 15.9 Å². The second-order valence-electron chi connectivity index (χ2n) is 4.78. The third kappa shape index (κ3) is 2.63. The monoisotopic (exact) mass is 300 g/mol. The number of piperidine rings is 1. The molecule has 1 aromatic carbocycles. The number of anilines is 1. The molecule has 0 amide bonds. The van der Waals surface area contributed by atoms with E-state index in [1.54, 1.807) is 0 Å². The van der Waals surface area contributed by atoms with Crippen LogP contribution in [0.4, 0.5) is 10.1 Å². The van der Waals surface area contributed by atoms with Gasteiger partial charge in [-0.15, -0.1) is 0 Å². The van der Waals surface area contributed by atoms with Gasteiger partial charge in [-0.1, -0.05) is 12.1 Å². The zero-order chi connectivity index (χ0) is 12.3. The van der Waals surface area contributed by atoms with E-state index in [9.17, 15) is 4.39 Å². The molecule has 4 heteroatoms. The molecule has 0 saturated carbocycles. The van der Waals surface area contributed by atoms with Crippen LogP contribution < -0.4 is 10.6 Å². The van der Waals surface area contributed by atoms with Crippen molar-refractivity contribution in [1.82, 2.24) is 0 Å². The number of rotatable bonds is 3. The Bertz CT molecular complexity index is 369. The molecule has 0 radical (unpaired) electrons. The largest absolute Gasteiger partial charge is 0.371 e. The number of halogens is 2. The molecule has 1 heterocycles. The second kappa shape index (κ2) is 5.36. The maximum atomic E-state index is 13.0. The van der Waals surface area contributed by atoms with E-state index in [-0.39, 0.29) is 12.1 Å². The molecule has 1 aliphatic heterocycles. The van der Waals surface area contributed by atoms with Crippen molar-refractivity contribution >= 4 is 21.6 Å². The molecule has 0 atom stereocenters. The molecular weight excluding hydrogens is 283 g/mol. The molecule has 2 rings (SSSR count). The molecule has 2 nitrogen and oxygen atoms in total. The highest BCUT2D eigenvalue weighted by Gasteiger charge is 2.33. The molecule has 94 valence electrons. The van der Waals surface area contributed by atoms with Crippen LogP contribution in [0.3, 0.4) is 0 Å². The number of nitrogens with zero attached hydrogens (tertiary/aromatic N) is 1. The second-order valence-corrected chi connectivity index (χ2v) is 5.63. The van der Waals surface area contributed by atoms with Gasteiger partial charge in [0.15, 0.2) is 0 Å². The van der Waals surface area contributed by atoms with Crippen LogP contribution in [0.2, 0.25) is 0 Å². The van der Waals surface area contributed by atoms with Crippen LogP contribution in [-0.2, 0) is 0 Å². The number of hydrogen-bond donors (Lipinski definition) is 1. The summed E-state index contributed by atoms with van der Waals surface area (Å²) >= 11 is 3.55. The van der Waals surface area contributed by atoms with Crippen molar-refractivity contribution in [3.8, 4) is 0 Å². The summed E-state index contributed by atoms with van der Waals surface area (Å²) in [5.41, 5.74) is 6.61. The molecule has 1 aliphatic rings. The predicted octanol–water partition coefficient (Wildman–Crippen LogP) is 2.96. The fraction of sp³-hybridized carbons (Fsp3) is 0.538. The van der Waals surface area contributed by atoms with Gasteiger partial charge in [0.05, 0.1) is 12.4 Å². The van der Waals surface area contributed by atoms with E-state index in [0.29, 0.717) is 6.54 Å². The van der Waals surface area contributed by atoms with Gasteiger partial charge in [0.2, 0.25) is 0 Å². The first-order valence-corrected chi connectivity index (χ1v) is 6.76. The van der Waals surface area contributed by atoms with Gasteiger partial charge in [0, 0.05) is 29.5 Å². The average Bonchev–Trinajstić information content (AvgIpc) is 2.40. The molecular formula is C13H18BrFN2. The van der Waals surface area contributed by atoms with Crippen LogP contribution in [0.1, 0.15) is 12.8 Å². The normalized spacial score (nSPS) is 19.4. The highest BCUT2D eigenvalue weighted by Crippen LogP contribution is 2.35. The average molecular weight is 301 g/mol. The number of hydrogen-bond acceptors (Lipinski definition) is 2. The molecule has 17 heavy (non-hydrogen) atoms. The predicted molar refractivity (Wildman–Crippen MR) is 73.1 cm³/mol. The van der Waals surface area contributed by atoms with E-state index in [1.807, 2.05) is 18.2 Å². The quantitative estimate of drug-likeness (QED) is 0.930. The van der Waals surface area contributed by atoms with Crippen molar-refractivity contribution in [3.63, 3.8) is 0 Å². The zero-order valence-electron chi connectivity index (χ0n) is 9.83. The van der Waals surface area contributed by atoms with Crippen LogP contribution in [0.5, 0.6) is 0 Å². The minimum absolute atomic E-state index is 0.280. The summed E-state index contributed by atoms with van der Waals surface area (Å²) in [6.07, 6.45) is 1.67. The number of nitrogens with two attached hydrogens (primary N) is 1. The molecule has 1 fully saturated rings. The van der Waals surface area contributed by atoms with Gasteiger partial charge < -0.3 is 10.6 Å². The Morgan fingerprint density at radius 1 is 1.29 bits per heavy atom. The van der Waals surface area contributed by atoms with Gasteiger partial charge >= 0.3 is 0 Å². The Hall–Kier alpha value is -0.610. The van der Waals surface area contributed by atoms with Crippen molar-refractivity contribution in [2.24, 2.45) is 11.1 Å². The standard InChI is InChI=1S/C13H18BrFN2/c14-11-3-1-2-4-12(11)17-7-5-13(9-15,10-16)6-8-17/h1-4H,5-10,16H2. The zero-order valence-corrected chi connectivity index (χ0v) is 11.4. The lowest BCUT2D eigenvalue weighted by atomic mass is 9.79. The third-order valence-corrected chi connectivity index (χ3v) is 4.40. The first kappa shape index (κ1) is 12.8. The van der Waals surface area contributed by atoms with Gasteiger partial charge in [-0.05, 0) is 40.9 Å². The van der Waals surface area contributed by atoms with Crippen molar-refractivity contribution in [2.75, 3.05) is 31.2 Å². The highest BCUT2D eigenvalue weighted by atomic mass is 79.9. The van der Waals surface area contributed by atoms with E-state index in [4.69, 9.17) is 5.73 Å². The molecule has 1 aromatic rings. The summed E-state index contributed by atoms with van der Waals surface area (Å²) in [5.74, 6) is 0. The first-order chi connectivity index (χ1) is 8.21. The molecule has 0 spiro atoms. The molecule has 0 unspecified atom stereocenters. The summed E-state index contributed by atoms with van der Waals surface area (Å²) in [4.78, 5) is 2.30. The molecule has 0 aliphatic carbocycles. The Balaban J connectivity index is 2.07. The van der Waals surface area contributed by atoms with E-state index in [1.165, 1.54) is 5.69 Å². The summed E-state index contributed by atoms with van der Waals surface area (Å²) in [6, 6.07) is 8.16. The van der Waals surface area contributed by atoms with Gasteiger partial charge in [0.25, 0.3) is 0 Å². The number of benzene rings is 1. The van der Waals surface area contributed by atoms with Crippen LogP contribution in [-0.4, -0.2) is 26.3 Å². The number of para-hydroxylation sites is 1. The molecule has 1 saturated heterocycles. The molecule has 0 aromatic heterocycles. The fourth-order valence-electron chi connectivity index (χ4n) is 2.32. The van der Waals surface area contributed by atoms with E-state index in [2.05, 4.69) is 26.9 Å². The molecule has 2 N–H and O–H groups in total. The smallest absolute Gasteiger partial charge is 0.0964 e. The van der Waals surface area contributed by atoms with Crippen LogP contribution in [0.25, 0.3) is 0 Å². The topological polar surface area (TPSA) is 29.3 Å². The van der Waals surface area contributed by atoms with Crippen molar-refractivity contribution < 1.29 is 4.39 Å². The van der Waals surface area contributed by atoms with Crippen molar-refractivity contribution in [1.29, 1.82) is 0 Å². The van der Waals surface area contributed by atoms with Gasteiger partial charge in [0.1, 0.15) is 0 Å². The molecule has 0 bridgehead atoms.